The molecule has 0 bridgehead atoms. The van der Waals surface area contributed by atoms with Crippen molar-refractivity contribution in [3.63, 3.8) is 0 Å². The molecular formula is C18H12F6O4. The van der Waals surface area contributed by atoms with Gasteiger partial charge < -0.3 is 9.47 Å². The zero-order chi connectivity index (χ0) is 20.8. The first-order chi connectivity index (χ1) is 13.2. The minimum Gasteiger partial charge on any atom is -0.461 e. The van der Waals surface area contributed by atoms with Crippen LogP contribution in [0.25, 0.3) is 0 Å². The molecule has 0 N–H and O–H groups in total. The maximum absolute atomic E-state index is 13.4. The molecule has 0 aliphatic carbocycles. The molecule has 150 valence electrons. The minimum absolute atomic E-state index is 0.299. The SMILES string of the molecule is O=C(CCC(=O)OCc1cc(F)c(F)cc1F)OCc1cc(F)c(F)cc1F. The lowest BCUT2D eigenvalue weighted by Gasteiger charge is -2.08. The van der Waals surface area contributed by atoms with Crippen molar-refractivity contribution in [1.82, 2.24) is 0 Å². The molecule has 0 radical (unpaired) electrons. The van der Waals surface area contributed by atoms with E-state index in [9.17, 15) is 35.9 Å². The Morgan fingerprint density at radius 1 is 0.571 bits per heavy atom. The Morgan fingerprint density at radius 3 is 1.25 bits per heavy atom. The molecule has 4 nitrogen and oxygen atoms in total. The maximum atomic E-state index is 13.4. The van der Waals surface area contributed by atoms with Crippen molar-refractivity contribution in [2.24, 2.45) is 0 Å². The average molecular weight is 406 g/mol. The fourth-order valence-electron chi connectivity index (χ4n) is 2.01. The van der Waals surface area contributed by atoms with Gasteiger partial charge in [-0.05, 0) is 12.1 Å². The third-order valence-corrected chi connectivity index (χ3v) is 3.49. The Balaban J connectivity index is 1.77. The molecule has 0 spiro atoms. The molecule has 0 saturated carbocycles. The highest BCUT2D eigenvalue weighted by Crippen LogP contribution is 2.16. The van der Waals surface area contributed by atoms with Crippen LogP contribution < -0.4 is 0 Å². The van der Waals surface area contributed by atoms with Crippen molar-refractivity contribution in [3.05, 3.63) is 70.3 Å². The number of carbonyl (C=O) groups is 2. The third-order valence-electron chi connectivity index (χ3n) is 3.49. The van der Waals surface area contributed by atoms with E-state index in [1.54, 1.807) is 0 Å². The molecule has 0 fully saturated rings. The van der Waals surface area contributed by atoms with E-state index in [1.165, 1.54) is 0 Å². The van der Waals surface area contributed by atoms with E-state index in [-0.39, 0.29) is 0 Å². The van der Waals surface area contributed by atoms with Gasteiger partial charge >= 0.3 is 11.9 Å². The van der Waals surface area contributed by atoms with Gasteiger partial charge in [0.15, 0.2) is 23.3 Å². The van der Waals surface area contributed by atoms with Crippen LogP contribution in [0.15, 0.2) is 24.3 Å². The van der Waals surface area contributed by atoms with Crippen molar-refractivity contribution in [1.29, 1.82) is 0 Å². The Kier molecular flexibility index (Phi) is 7.02. The highest BCUT2D eigenvalue weighted by Gasteiger charge is 2.15. The molecule has 0 heterocycles. The zero-order valence-corrected chi connectivity index (χ0v) is 14.0. The van der Waals surface area contributed by atoms with E-state index in [4.69, 9.17) is 0 Å². The van der Waals surface area contributed by atoms with E-state index in [0.717, 1.165) is 0 Å². The molecule has 0 saturated heterocycles. The van der Waals surface area contributed by atoms with Crippen LogP contribution in [0.2, 0.25) is 0 Å². The summed E-state index contributed by atoms with van der Waals surface area (Å²) in [5.41, 5.74) is -0.799. The first-order valence-corrected chi connectivity index (χ1v) is 7.75. The van der Waals surface area contributed by atoms with Gasteiger partial charge in [0, 0.05) is 23.3 Å². The number of esters is 2. The van der Waals surface area contributed by atoms with E-state index in [2.05, 4.69) is 9.47 Å². The number of halogens is 6. The maximum Gasteiger partial charge on any atom is 0.306 e. The lowest BCUT2D eigenvalue weighted by Crippen LogP contribution is -2.11. The Bertz CT molecular complexity index is 827. The van der Waals surface area contributed by atoms with Gasteiger partial charge in [0.05, 0.1) is 12.8 Å². The number of carbonyl (C=O) groups excluding carboxylic acids is 2. The standard InChI is InChI=1S/C18H12F6O4/c19-11-5-15(23)13(21)3-9(11)7-27-17(25)1-2-18(26)28-8-10-4-14(22)16(24)6-12(10)20/h3-6H,1-2,7-8H2. The van der Waals surface area contributed by atoms with Crippen LogP contribution in [0.5, 0.6) is 0 Å². The number of hydrogen-bond acceptors (Lipinski definition) is 4. The summed E-state index contributed by atoms with van der Waals surface area (Å²) in [5.74, 6) is -9.57. The second-order valence-corrected chi connectivity index (χ2v) is 5.54. The van der Waals surface area contributed by atoms with Gasteiger partial charge in [-0.1, -0.05) is 0 Å². The molecule has 10 heteroatoms. The Hall–Kier alpha value is -3.04. The summed E-state index contributed by atoms with van der Waals surface area (Å²) in [4.78, 5) is 23.0. The van der Waals surface area contributed by atoms with E-state index >= 15 is 0 Å². The molecule has 0 aliphatic rings. The topological polar surface area (TPSA) is 52.6 Å². The average Bonchev–Trinajstić information content (AvgIpc) is 2.63. The molecule has 0 amide bonds. The molecule has 0 aromatic heterocycles. The summed E-state index contributed by atoms with van der Waals surface area (Å²) in [6.45, 7) is -1.37. The van der Waals surface area contributed by atoms with Gasteiger partial charge in [-0.25, -0.2) is 26.3 Å². The molecule has 2 rings (SSSR count). The van der Waals surface area contributed by atoms with E-state index < -0.39 is 84.0 Å². The second-order valence-electron chi connectivity index (χ2n) is 5.54. The molecule has 0 unspecified atom stereocenters. The first kappa shape index (κ1) is 21.3. The lowest BCUT2D eigenvalue weighted by molar-refractivity contribution is -0.151. The third kappa shape index (κ3) is 5.73. The fourth-order valence-corrected chi connectivity index (χ4v) is 2.01. The molecule has 2 aromatic rings. The molecule has 0 atom stereocenters. The molecule has 2 aromatic carbocycles. The summed E-state index contributed by atoms with van der Waals surface area (Å²) in [6.07, 6.45) is -0.991. The van der Waals surface area contributed by atoms with Crippen LogP contribution in [0.1, 0.15) is 24.0 Å². The normalized spacial score (nSPS) is 10.6. The summed E-state index contributed by atoms with van der Waals surface area (Å²) in [5, 5.41) is 0. The predicted molar refractivity (Wildman–Crippen MR) is 81.5 cm³/mol. The van der Waals surface area contributed by atoms with Crippen LogP contribution in [0, 0.1) is 34.9 Å². The quantitative estimate of drug-likeness (QED) is 0.395. The zero-order valence-electron chi connectivity index (χ0n) is 14.0. The molecule has 28 heavy (non-hydrogen) atoms. The smallest absolute Gasteiger partial charge is 0.306 e. The summed E-state index contributed by atoms with van der Waals surface area (Å²) in [7, 11) is 0. The lowest BCUT2D eigenvalue weighted by atomic mass is 10.2. The van der Waals surface area contributed by atoms with Crippen molar-refractivity contribution in [2.75, 3.05) is 0 Å². The number of ether oxygens (including phenoxy) is 2. The molecule has 0 aliphatic heterocycles. The van der Waals surface area contributed by atoms with Gasteiger partial charge in [-0.3, -0.25) is 9.59 Å². The van der Waals surface area contributed by atoms with Gasteiger partial charge in [0.25, 0.3) is 0 Å². The van der Waals surface area contributed by atoms with E-state index in [1.807, 2.05) is 0 Å². The Morgan fingerprint density at radius 2 is 0.893 bits per heavy atom. The summed E-state index contributed by atoms with van der Waals surface area (Å²) in [6, 6.07) is 1.66. The fraction of sp³-hybridized carbons (Fsp3) is 0.222. The van der Waals surface area contributed by atoms with Gasteiger partial charge in [-0.2, -0.15) is 0 Å². The Labute approximate surface area is 154 Å². The van der Waals surface area contributed by atoms with Crippen LogP contribution in [0.4, 0.5) is 26.3 Å². The predicted octanol–water partition coefficient (Wildman–Crippen LogP) is 4.09. The van der Waals surface area contributed by atoms with Gasteiger partial charge in [-0.15, -0.1) is 0 Å². The highest BCUT2D eigenvalue weighted by molar-refractivity contribution is 5.77. The van der Waals surface area contributed by atoms with Crippen LogP contribution in [-0.4, -0.2) is 11.9 Å². The van der Waals surface area contributed by atoms with Crippen molar-refractivity contribution in [3.8, 4) is 0 Å². The summed E-state index contributed by atoms with van der Waals surface area (Å²) >= 11 is 0. The van der Waals surface area contributed by atoms with Crippen molar-refractivity contribution < 1.29 is 45.4 Å². The summed E-state index contributed by atoms with van der Waals surface area (Å²) < 4.78 is 87.7. The number of hydrogen-bond donors (Lipinski definition) is 0. The van der Waals surface area contributed by atoms with Crippen molar-refractivity contribution in [2.45, 2.75) is 26.1 Å². The number of rotatable bonds is 7. The first-order valence-electron chi connectivity index (χ1n) is 7.75. The monoisotopic (exact) mass is 406 g/mol. The van der Waals surface area contributed by atoms with Gasteiger partial charge in [0.2, 0.25) is 0 Å². The largest absolute Gasteiger partial charge is 0.461 e. The van der Waals surface area contributed by atoms with E-state index in [0.29, 0.717) is 24.3 Å². The van der Waals surface area contributed by atoms with Crippen LogP contribution >= 0.6 is 0 Å². The number of benzene rings is 2. The second kappa shape index (κ2) is 9.25. The van der Waals surface area contributed by atoms with Crippen molar-refractivity contribution >= 4 is 11.9 Å². The highest BCUT2D eigenvalue weighted by atomic mass is 19.2. The molecular weight excluding hydrogens is 394 g/mol. The van der Waals surface area contributed by atoms with Crippen LogP contribution in [0.3, 0.4) is 0 Å². The minimum atomic E-state index is -1.40. The van der Waals surface area contributed by atoms with Gasteiger partial charge in [0.1, 0.15) is 24.8 Å². The van der Waals surface area contributed by atoms with Crippen LogP contribution in [-0.2, 0) is 32.3 Å².